The van der Waals surface area contributed by atoms with Crippen molar-refractivity contribution in [3.05, 3.63) is 131 Å². The standard InChI is InChI=1S/C15H9ClFNO.C9H6ClNO.C6H5BClFO2.CH3/c16-10-5-6-12(17)11(8-10)15-14(19)7-9-3-1-2-4-13(9)18-15;10-9-8(12)5-6-3-1-2-4-7(6)11-9;8-4-1-2-6(9)5(3-4)7(10)11;/h1-8,19H;1-5,12H;1-3,10-11H;1H3/q;;;-1. The fourth-order valence-corrected chi connectivity index (χ4v) is 4.27. The number of aromatic nitrogens is 2. The smallest absolute Gasteiger partial charge is 0.491 e. The van der Waals surface area contributed by atoms with E-state index in [0.29, 0.717) is 10.5 Å². The fourth-order valence-electron chi connectivity index (χ4n) is 3.78. The minimum absolute atomic E-state index is 0. The van der Waals surface area contributed by atoms with E-state index in [1.54, 1.807) is 18.2 Å². The summed E-state index contributed by atoms with van der Waals surface area (Å²) in [5.74, 6) is -1.19. The van der Waals surface area contributed by atoms with Crippen LogP contribution < -0.4 is 5.46 Å². The van der Waals surface area contributed by atoms with E-state index in [2.05, 4.69) is 9.97 Å². The molecule has 0 unspecified atom stereocenters. The zero-order valence-electron chi connectivity index (χ0n) is 22.4. The highest BCUT2D eigenvalue weighted by Gasteiger charge is 2.16. The summed E-state index contributed by atoms with van der Waals surface area (Å²) in [7, 11) is -1.81. The third-order valence-corrected chi connectivity index (χ3v) is 6.53. The van der Waals surface area contributed by atoms with Gasteiger partial charge >= 0.3 is 7.12 Å². The van der Waals surface area contributed by atoms with Gasteiger partial charge in [0, 0.05) is 31.8 Å². The molecule has 0 aliphatic heterocycles. The lowest BCUT2D eigenvalue weighted by atomic mass is 9.80. The number of benzene rings is 4. The highest BCUT2D eigenvalue weighted by atomic mass is 35.5. The summed E-state index contributed by atoms with van der Waals surface area (Å²) in [4.78, 5) is 8.29. The van der Waals surface area contributed by atoms with Gasteiger partial charge in [0.15, 0.2) is 10.9 Å². The second-order valence-electron chi connectivity index (χ2n) is 8.70. The zero-order chi connectivity index (χ0) is 30.4. The van der Waals surface area contributed by atoms with E-state index in [-0.39, 0.29) is 45.8 Å². The van der Waals surface area contributed by atoms with Gasteiger partial charge in [0.05, 0.1) is 11.0 Å². The van der Waals surface area contributed by atoms with Crippen LogP contribution in [0.15, 0.2) is 97.1 Å². The third-order valence-electron chi connectivity index (χ3n) is 5.78. The summed E-state index contributed by atoms with van der Waals surface area (Å²) in [5.41, 5.74) is 1.65. The summed E-state index contributed by atoms with van der Waals surface area (Å²) >= 11 is 17.0. The average molecular weight is 643 g/mol. The molecule has 0 aliphatic rings. The molecule has 0 amide bonds. The van der Waals surface area contributed by atoms with Crippen molar-refractivity contribution < 1.29 is 29.0 Å². The van der Waals surface area contributed by atoms with Gasteiger partial charge in [-0.3, -0.25) is 0 Å². The molecule has 6 aromatic rings. The fraction of sp³-hybridized carbons (Fsp3) is 0. The monoisotopic (exact) mass is 641 g/mol. The van der Waals surface area contributed by atoms with E-state index in [0.717, 1.165) is 22.4 Å². The molecule has 2 heterocycles. The highest BCUT2D eigenvalue weighted by Crippen LogP contribution is 2.33. The molecule has 0 atom stereocenters. The molecule has 220 valence electrons. The molecule has 0 saturated carbocycles. The van der Waals surface area contributed by atoms with Crippen LogP contribution in [0.1, 0.15) is 0 Å². The normalized spacial score (nSPS) is 10.2. The first-order chi connectivity index (χ1) is 20.0. The van der Waals surface area contributed by atoms with Crippen LogP contribution in [0.4, 0.5) is 8.78 Å². The minimum Gasteiger partial charge on any atom is -0.506 e. The van der Waals surface area contributed by atoms with Gasteiger partial charge in [0.2, 0.25) is 0 Å². The van der Waals surface area contributed by atoms with Crippen LogP contribution in [0.2, 0.25) is 15.2 Å². The molecule has 4 aromatic carbocycles. The summed E-state index contributed by atoms with van der Waals surface area (Å²) in [5, 5.41) is 38.9. The summed E-state index contributed by atoms with van der Waals surface area (Å²) < 4.78 is 26.5. The molecule has 4 N–H and O–H groups in total. The van der Waals surface area contributed by atoms with Gasteiger partial charge in [-0.15, -0.1) is 0 Å². The Hall–Kier alpha value is -3.99. The number of pyridine rings is 2. The minimum atomic E-state index is -1.81. The van der Waals surface area contributed by atoms with Gasteiger partial charge < -0.3 is 27.7 Å². The van der Waals surface area contributed by atoms with Gasteiger partial charge in [-0.2, -0.15) is 0 Å². The molecular formula is C31H23BCl3F2N2O4-. The van der Waals surface area contributed by atoms with E-state index in [9.17, 15) is 19.0 Å². The average Bonchev–Trinajstić information content (AvgIpc) is 2.96. The molecule has 12 heteroatoms. The number of halogens is 5. The third kappa shape index (κ3) is 8.53. The van der Waals surface area contributed by atoms with E-state index in [4.69, 9.17) is 44.9 Å². The van der Waals surface area contributed by atoms with E-state index in [1.165, 1.54) is 30.3 Å². The molecule has 0 radical (unpaired) electrons. The van der Waals surface area contributed by atoms with Crippen molar-refractivity contribution >= 4 is 69.2 Å². The number of rotatable bonds is 2. The van der Waals surface area contributed by atoms with Crippen LogP contribution in [0.25, 0.3) is 33.1 Å². The lowest BCUT2D eigenvalue weighted by molar-refractivity contribution is 0.423. The summed E-state index contributed by atoms with van der Waals surface area (Å²) in [6, 6.07) is 25.7. The maximum absolute atomic E-state index is 13.8. The Bertz CT molecular complexity index is 1840. The summed E-state index contributed by atoms with van der Waals surface area (Å²) in [6.45, 7) is 0. The maximum atomic E-state index is 13.8. The van der Waals surface area contributed by atoms with Crippen molar-refractivity contribution in [3.63, 3.8) is 0 Å². The summed E-state index contributed by atoms with van der Waals surface area (Å²) in [6.07, 6.45) is 0. The number of aromatic hydroxyl groups is 2. The molecule has 0 aliphatic carbocycles. The molecule has 43 heavy (non-hydrogen) atoms. The number of para-hydroxylation sites is 2. The van der Waals surface area contributed by atoms with Crippen LogP contribution in [0.3, 0.4) is 0 Å². The van der Waals surface area contributed by atoms with Crippen molar-refractivity contribution in [1.29, 1.82) is 0 Å². The second-order valence-corrected chi connectivity index (χ2v) is 9.93. The molecule has 6 rings (SSSR count). The van der Waals surface area contributed by atoms with Gasteiger partial charge in [0.1, 0.15) is 23.1 Å². The Labute approximate surface area is 261 Å². The maximum Gasteiger partial charge on any atom is 0.491 e. The van der Waals surface area contributed by atoms with Crippen molar-refractivity contribution in [3.8, 4) is 22.8 Å². The van der Waals surface area contributed by atoms with Crippen LogP contribution >= 0.6 is 34.8 Å². The predicted molar refractivity (Wildman–Crippen MR) is 170 cm³/mol. The highest BCUT2D eigenvalue weighted by molar-refractivity contribution is 6.59. The Balaban J connectivity index is 0.000000184. The number of fused-ring (bicyclic) bond motifs is 2. The van der Waals surface area contributed by atoms with Crippen LogP contribution in [-0.2, 0) is 0 Å². The van der Waals surface area contributed by atoms with Gasteiger partial charge in [-0.05, 0) is 60.7 Å². The first kappa shape index (κ1) is 33.5. The molecule has 0 fully saturated rings. The van der Waals surface area contributed by atoms with Crippen molar-refractivity contribution in [2.75, 3.05) is 0 Å². The van der Waals surface area contributed by atoms with E-state index in [1.807, 2.05) is 42.5 Å². The van der Waals surface area contributed by atoms with Gasteiger partial charge in [-0.25, -0.2) is 18.7 Å². The first-order valence-corrected chi connectivity index (χ1v) is 13.3. The van der Waals surface area contributed by atoms with Crippen molar-refractivity contribution in [1.82, 2.24) is 9.97 Å². The van der Waals surface area contributed by atoms with Crippen molar-refractivity contribution in [2.45, 2.75) is 0 Å². The Morgan fingerprint density at radius 3 is 1.70 bits per heavy atom. The lowest BCUT2D eigenvalue weighted by Gasteiger charge is -2.07. The van der Waals surface area contributed by atoms with Gasteiger partial charge in [-0.1, -0.05) is 71.2 Å². The van der Waals surface area contributed by atoms with Gasteiger partial charge in [0.25, 0.3) is 0 Å². The van der Waals surface area contributed by atoms with Crippen LogP contribution in [0, 0.1) is 19.1 Å². The lowest BCUT2D eigenvalue weighted by Crippen LogP contribution is -2.32. The SMILES string of the molecule is OB(O)c1cc(Cl)ccc1F.Oc1cc2ccccc2nc1-c1cc(Cl)ccc1F.Oc1cc2ccccc2nc1Cl.[CH3-]. The first-order valence-electron chi connectivity index (χ1n) is 12.1. The topological polar surface area (TPSA) is 107 Å². The molecule has 0 bridgehead atoms. The number of nitrogens with zero attached hydrogens (tertiary/aromatic N) is 2. The zero-order valence-corrected chi connectivity index (χ0v) is 24.7. The molecule has 6 nitrogen and oxygen atoms in total. The van der Waals surface area contributed by atoms with Crippen molar-refractivity contribution in [2.24, 2.45) is 0 Å². The molecule has 0 spiro atoms. The van der Waals surface area contributed by atoms with E-state index >= 15 is 0 Å². The number of hydrogen-bond acceptors (Lipinski definition) is 6. The van der Waals surface area contributed by atoms with Crippen LogP contribution in [0.5, 0.6) is 11.5 Å². The Morgan fingerprint density at radius 2 is 1.12 bits per heavy atom. The predicted octanol–water partition coefficient (Wildman–Crippen LogP) is 7.60. The Morgan fingerprint density at radius 1 is 0.605 bits per heavy atom. The van der Waals surface area contributed by atoms with Crippen LogP contribution in [-0.4, -0.2) is 37.3 Å². The second kappa shape index (κ2) is 15.0. The largest absolute Gasteiger partial charge is 0.506 e. The quantitative estimate of drug-likeness (QED) is 0.0881. The number of hydrogen-bond donors (Lipinski definition) is 4. The van der Waals surface area contributed by atoms with E-state index < -0.39 is 18.8 Å². The molecular weight excluding hydrogens is 620 g/mol. The Kier molecular flexibility index (Phi) is 11.7. The molecule has 2 aromatic heterocycles. The molecule has 0 saturated heterocycles.